The van der Waals surface area contributed by atoms with E-state index in [4.69, 9.17) is 14.2 Å². The topological polar surface area (TPSA) is 84.6 Å². The molecule has 2 heterocycles. The number of ether oxygens (including phenoxy) is 3. The standard InChI is InChI=1S/C21H22F3N3O5/c1-5-31-20(29)16-17(32-11-21(22,23)24)15-18(26(16)3)25-12(2)27(19(15)28)10-13-6-8-14(30-4)9-7-13/h6-9H,5,10-11H2,1-4H3. The third-order valence-corrected chi connectivity index (χ3v) is 4.78. The molecule has 0 amide bonds. The predicted octanol–water partition coefficient (Wildman–Crippen LogP) is 3.22. The van der Waals surface area contributed by atoms with Crippen LogP contribution in [0, 0.1) is 6.92 Å². The lowest BCUT2D eigenvalue weighted by atomic mass is 10.2. The van der Waals surface area contributed by atoms with E-state index in [9.17, 15) is 22.8 Å². The second-order valence-electron chi connectivity index (χ2n) is 6.96. The number of aryl methyl sites for hydroxylation is 2. The molecular formula is C21H22F3N3O5. The Morgan fingerprint density at radius 1 is 1.19 bits per heavy atom. The molecule has 0 fully saturated rings. The number of fused-ring (bicyclic) bond motifs is 1. The van der Waals surface area contributed by atoms with Gasteiger partial charge >= 0.3 is 12.1 Å². The summed E-state index contributed by atoms with van der Waals surface area (Å²) in [6.07, 6.45) is -4.67. The Bertz CT molecular complexity index is 1200. The molecule has 0 bridgehead atoms. The highest BCUT2D eigenvalue weighted by atomic mass is 19.4. The Kier molecular flexibility index (Phi) is 6.47. The van der Waals surface area contributed by atoms with Gasteiger partial charge in [0.1, 0.15) is 17.0 Å². The van der Waals surface area contributed by atoms with Crippen LogP contribution in [0.15, 0.2) is 29.1 Å². The number of carbonyl (C=O) groups excluding carboxylic acids is 1. The van der Waals surface area contributed by atoms with Crippen LogP contribution in [0.1, 0.15) is 28.8 Å². The van der Waals surface area contributed by atoms with Gasteiger partial charge in [-0.15, -0.1) is 0 Å². The first kappa shape index (κ1) is 23.2. The molecule has 8 nitrogen and oxygen atoms in total. The van der Waals surface area contributed by atoms with Crippen molar-refractivity contribution >= 4 is 17.0 Å². The Hall–Kier alpha value is -3.50. The molecule has 0 radical (unpaired) electrons. The van der Waals surface area contributed by atoms with E-state index in [1.807, 2.05) is 0 Å². The van der Waals surface area contributed by atoms with Crippen molar-refractivity contribution in [3.8, 4) is 11.5 Å². The fourth-order valence-corrected chi connectivity index (χ4v) is 3.29. The molecule has 0 aliphatic heterocycles. The Labute approximate surface area is 181 Å². The summed E-state index contributed by atoms with van der Waals surface area (Å²) in [6, 6.07) is 6.96. The summed E-state index contributed by atoms with van der Waals surface area (Å²) in [6.45, 7) is 1.58. The summed E-state index contributed by atoms with van der Waals surface area (Å²) in [5, 5.41) is -0.223. The van der Waals surface area contributed by atoms with Crippen LogP contribution >= 0.6 is 0 Å². The molecule has 3 aromatic rings. The van der Waals surface area contributed by atoms with Gasteiger partial charge < -0.3 is 18.8 Å². The Morgan fingerprint density at radius 2 is 1.84 bits per heavy atom. The van der Waals surface area contributed by atoms with E-state index in [0.29, 0.717) is 11.6 Å². The molecule has 1 aromatic carbocycles. The SMILES string of the molecule is CCOC(=O)c1c(OCC(F)(F)F)c2c(=O)n(Cc3ccc(OC)cc3)c(C)nc2n1C. The maximum absolute atomic E-state index is 13.3. The molecule has 0 unspecified atom stereocenters. The number of alkyl halides is 3. The van der Waals surface area contributed by atoms with E-state index in [1.165, 1.54) is 23.3 Å². The molecule has 172 valence electrons. The van der Waals surface area contributed by atoms with E-state index in [-0.39, 0.29) is 29.9 Å². The van der Waals surface area contributed by atoms with E-state index >= 15 is 0 Å². The highest BCUT2D eigenvalue weighted by molar-refractivity contribution is 6.00. The zero-order valence-corrected chi connectivity index (χ0v) is 17.9. The quantitative estimate of drug-likeness (QED) is 0.511. The van der Waals surface area contributed by atoms with Gasteiger partial charge in [-0.25, -0.2) is 9.78 Å². The first-order valence-corrected chi connectivity index (χ1v) is 9.66. The molecule has 0 saturated heterocycles. The molecule has 0 spiro atoms. The van der Waals surface area contributed by atoms with E-state index in [2.05, 4.69) is 4.98 Å². The lowest BCUT2D eigenvalue weighted by Crippen LogP contribution is -2.25. The lowest BCUT2D eigenvalue weighted by Gasteiger charge is -2.12. The summed E-state index contributed by atoms with van der Waals surface area (Å²) in [7, 11) is 2.94. The minimum Gasteiger partial charge on any atom is -0.497 e. The van der Waals surface area contributed by atoms with Crippen molar-refractivity contribution in [3.05, 3.63) is 51.7 Å². The van der Waals surface area contributed by atoms with Crippen molar-refractivity contribution in [1.29, 1.82) is 0 Å². The van der Waals surface area contributed by atoms with Crippen LogP contribution in [0.4, 0.5) is 13.2 Å². The summed E-state index contributed by atoms with van der Waals surface area (Å²) < 4.78 is 56.1. The van der Waals surface area contributed by atoms with Crippen molar-refractivity contribution in [1.82, 2.24) is 14.1 Å². The number of nitrogens with zero attached hydrogens (tertiary/aromatic N) is 3. The number of benzene rings is 1. The number of methoxy groups -OCH3 is 1. The van der Waals surface area contributed by atoms with E-state index < -0.39 is 30.1 Å². The first-order chi connectivity index (χ1) is 15.1. The molecule has 11 heteroatoms. The summed E-state index contributed by atoms with van der Waals surface area (Å²) in [4.78, 5) is 30.2. The Morgan fingerprint density at radius 3 is 2.41 bits per heavy atom. The molecule has 32 heavy (non-hydrogen) atoms. The van der Waals surface area contributed by atoms with Crippen molar-refractivity contribution in [2.75, 3.05) is 20.3 Å². The molecule has 2 aromatic heterocycles. The zero-order valence-electron chi connectivity index (χ0n) is 17.9. The predicted molar refractivity (Wildman–Crippen MR) is 109 cm³/mol. The number of esters is 1. The maximum Gasteiger partial charge on any atom is 0.422 e. The summed E-state index contributed by atoms with van der Waals surface area (Å²) in [5.74, 6) is -0.462. The monoisotopic (exact) mass is 453 g/mol. The molecule has 0 N–H and O–H groups in total. The fraction of sp³-hybridized carbons (Fsp3) is 0.381. The van der Waals surface area contributed by atoms with Crippen molar-refractivity contribution in [2.24, 2.45) is 7.05 Å². The van der Waals surface area contributed by atoms with E-state index in [0.717, 1.165) is 5.56 Å². The first-order valence-electron chi connectivity index (χ1n) is 9.66. The molecule has 0 atom stereocenters. The third kappa shape index (κ3) is 4.56. The number of aromatic nitrogens is 3. The summed E-state index contributed by atoms with van der Waals surface area (Å²) in [5.41, 5.74) is -0.167. The third-order valence-electron chi connectivity index (χ3n) is 4.78. The lowest BCUT2D eigenvalue weighted by molar-refractivity contribution is -0.153. The molecular weight excluding hydrogens is 431 g/mol. The van der Waals surface area contributed by atoms with Crippen LogP contribution in [0.5, 0.6) is 11.5 Å². The van der Waals surface area contributed by atoms with Crippen molar-refractivity contribution in [3.63, 3.8) is 0 Å². The van der Waals surface area contributed by atoms with Crippen molar-refractivity contribution in [2.45, 2.75) is 26.6 Å². The average Bonchev–Trinajstić information content (AvgIpc) is 3.01. The van der Waals surface area contributed by atoms with Gasteiger partial charge in [0.25, 0.3) is 5.56 Å². The molecule has 3 rings (SSSR count). The van der Waals surface area contributed by atoms with Crippen LogP contribution in [-0.2, 0) is 18.3 Å². The van der Waals surface area contributed by atoms with Crippen LogP contribution < -0.4 is 15.0 Å². The van der Waals surface area contributed by atoms with Crippen LogP contribution in [-0.4, -0.2) is 46.6 Å². The number of hydrogen-bond donors (Lipinski definition) is 0. The summed E-state index contributed by atoms with van der Waals surface area (Å²) >= 11 is 0. The van der Waals surface area contributed by atoms with Gasteiger partial charge in [0, 0.05) is 7.05 Å². The maximum atomic E-state index is 13.3. The van der Waals surface area contributed by atoms with Gasteiger partial charge in [-0.1, -0.05) is 12.1 Å². The number of rotatable bonds is 7. The minimum atomic E-state index is -4.67. The zero-order chi connectivity index (χ0) is 23.6. The normalized spacial score (nSPS) is 11.6. The van der Waals surface area contributed by atoms with Gasteiger partial charge in [-0.3, -0.25) is 9.36 Å². The number of carbonyl (C=O) groups is 1. The number of halogens is 3. The minimum absolute atomic E-state index is 0.00672. The molecule has 0 saturated carbocycles. The Balaban J connectivity index is 2.19. The average molecular weight is 453 g/mol. The van der Waals surface area contributed by atoms with Crippen LogP contribution in [0.3, 0.4) is 0 Å². The van der Waals surface area contributed by atoms with Crippen LogP contribution in [0.25, 0.3) is 11.0 Å². The second-order valence-corrected chi connectivity index (χ2v) is 6.96. The van der Waals surface area contributed by atoms with Gasteiger partial charge in [0.2, 0.25) is 0 Å². The largest absolute Gasteiger partial charge is 0.497 e. The fourth-order valence-electron chi connectivity index (χ4n) is 3.29. The van der Waals surface area contributed by atoms with Gasteiger partial charge in [-0.2, -0.15) is 13.2 Å². The van der Waals surface area contributed by atoms with Crippen LogP contribution in [0.2, 0.25) is 0 Å². The van der Waals surface area contributed by atoms with Gasteiger partial charge in [0.15, 0.2) is 23.7 Å². The molecule has 0 aliphatic carbocycles. The van der Waals surface area contributed by atoms with Gasteiger partial charge in [-0.05, 0) is 31.5 Å². The van der Waals surface area contributed by atoms with Crippen molar-refractivity contribution < 1.29 is 32.2 Å². The number of hydrogen-bond acceptors (Lipinski definition) is 6. The van der Waals surface area contributed by atoms with Gasteiger partial charge in [0.05, 0.1) is 20.3 Å². The second kappa shape index (κ2) is 8.93. The highest BCUT2D eigenvalue weighted by Gasteiger charge is 2.33. The van der Waals surface area contributed by atoms with E-state index in [1.54, 1.807) is 38.1 Å². The molecule has 0 aliphatic rings. The smallest absolute Gasteiger partial charge is 0.422 e. The highest BCUT2D eigenvalue weighted by Crippen LogP contribution is 2.32.